The van der Waals surface area contributed by atoms with Crippen LogP contribution in [0.3, 0.4) is 0 Å². The van der Waals surface area contributed by atoms with E-state index in [9.17, 15) is 9.59 Å². The van der Waals surface area contributed by atoms with Gasteiger partial charge in [-0.3, -0.25) is 9.59 Å². The average Bonchev–Trinajstić information content (AvgIpc) is 2.34. The Morgan fingerprint density at radius 3 is 2.05 bits per heavy atom. The summed E-state index contributed by atoms with van der Waals surface area (Å²) in [6.45, 7) is 2.13. The highest BCUT2D eigenvalue weighted by atomic mass is 16.4. The third-order valence-corrected chi connectivity index (χ3v) is 5.95. The van der Waals surface area contributed by atoms with Crippen LogP contribution in [-0.2, 0) is 9.59 Å². The highest BCUT2D eigenvalue weighted by Crippen LogP contribution is 2.61. The van der Waals surface area contributed by atoms with Crippen LogP contribution < -0.4 is 5.32 Å². The Hall–Kier alpha value is -1.06. The van der Waals surface area contributed by atoms with Crippen molar-refractivity contribution in [1.29, 1.82) is 0 Å². The molecule has 1 atom stereocenters. The highest BCUT2D eigenvalue weighted by molar-refractivity contribution is 5.80. The van der Waals surface area contributed by atoms with E-state index in [0.717, 1.165) is 17.8 Å². The summed E-state index contributed by atoms with van der Waals surface area (Å²) in [5.74, 6) is 1.62. The number of nitrogens with one attached hydrogen (secondary N) is 1. The van der Waals surface area contributed by atoms with Crippen LogP contribution in [0.5, 0.6) is 0 Å². The van der Waals surface area contributed by atoms with Gasteiger partial charge in [0.1, 0.15) is 0 Å². The van der Waals surface area contributed by atoms with Crippen LogP contribution in [0.4, 0.5) is 0 Å². The fourth-order valence-corrected chi connectivity index (χ4v) is 5.40. The van der Waals surface area contributed by atoms with Gasteiger partial charge in [0.05, 0.1) is 6.42 Å². The number of rotatable bonds is 5. The molecule has 4 bridgehead atoms. The number of aliphatic carboxylic acids is 1. The van der Waals surface area contributed by atoms with Crippen LogP contribution >= 0.6 is 0 Å². The van der Waals surface area contributed by atoms with Crippen molar-refractivity contribution in [2.24, 2.45) is 23.2 Å². The molecule has 0 saturated heterocycles. The molecule has 0 unspecified atom stereocenters. The number of carboxylic acids is 1. The molecule has 0 heterocycles. The molecule has 0 aromatic carbocycles. The lowest BCUT2D eigenvalue weighted by molar-refractivity contribution is -0.139. The van der Waals surface area contributed by atoms with E-state index in [4.69, 9.17) is 5.11 Å². The normalized spacial score (nSPS) is 39.5. The number of carboxylic acid groups (broad SMARTS) is 1. The van der Waals surface area contributed by atoms with E-state index in [1.807, 2.05) is 0 Å². The molecule has 4 fully saturated rings. The van der Waals surface area contributed by atoms with Gasteiger partial charge in [-0.25, -0.2) is 0 Å². The number of hydrogen-bond donors (Lipinski definition) is 2. The molecule has 0 aliphatic heterocycles. The lowest BCUT2D eigenvalue weighted by atomic mass is 9.48. The first-order chi connectivity index (χ1) is 9.47. The highest BCUT2D eigenvalue weighted by Gasteiger charge is 2.53. The summed E-state index contributed by atoms with van der Waals surface area (Å²) in [4.78, 5) is 22.4. The van der Waals surface area contributed by atoms with Gasteiger partial charge in [0.25, 0.3) is 0 Å². The topological polar surface area (TPSA) is 66.4 Å². The average molecular weight is 279 g/mol. The maximum absolute atomic E-state index is 11.9. The van der Waals surface area contributed by atoms with Crippen LogP contribution in [0.15, 0.2) is 0 Å². The fourth-order valence-electron chi connectivity index (χ4n) is 5.40. The molecule has 0 aromatic heterocycles. The molecule has 0 spiro atoms. The van der Waals surface area contributed by atoms with Crippen LogP contribution in [0.2, 0.25) is 0 Å². The maximum Gasteiger partial charge on any atom is 0.303 e. The summed E-state index contributed by atoms with van der Waals surface area (Å²) in [5, 5.41) is 11.7. The van der Waals surface area contributed by atoms with Crippen molar-refractivity contribution in [1.82, 2.24) is 5.32 Å². The van der Waals surface area contributed by atoms with Crippen LogP contribution in [0.25, 0.3) is 0 Å². The molecule has 112 valence electrons. The van der Waals surface area contributed by atoms with Gasteiger partial charge in [-0.05, 0) is 68.6 Å². The Balaban J connectivity index is 1.60. The smallest absolute Gasteiger partial charge is 0.303 e. The molecule has 4 aliphatic carbocycles. The van der Waals surface area contributed by atoms with Gasteiger partial charge >= 0.3 is 5.97 Å². The van der Waals surface area contributed by atoms with Crippen molar-refractivity contribution < 1.29 is 14.7 Å². The summed E-state index contributed by atoms with van der Waals surface area (Å²) >= 11 is 0. The molecular weight excluding hydrogens is 254 g/mol. The molecule has 4 rings (SSSR count). The van der Waals surface area contributed by atoms with E-state index in [-0.39, 0.29) is 24.8 Å². The number of amides is 1. The summed E-state index contributed by atoms with van der Waals surface area (Å²) in [6, 6.07) is 0.192. The molecule has 4 nitrogen and oxygen atoms in total. The first-order valence-electron chi connectivity index (χ1n) is 7.98. The first kappa shape index (κ1) is 13.9. The van der Waals surface area contributed by atoms with E-state index < -0.39 is 5.97 Å². The van der Waals surface area contributed by atoms with E-state index in [1.54, 1.807) is 0 Å². The van der Waals surface area contributed by atoms with Gasteiger partial charge in [0.15, 0.2) is 0 Å². The molecular formula is C16H25NO3. The summed E-state index contributed by atoms with van der Waals surface area (Å²) in [5.41, 5.74) is 0.299. The Morgan fingerprint density at radius 1 is 1.10 bits per heavy atom. The fraction of sp³-hybridized carbons (Fsp3) is 0.875. The monoisotopic (exact) mass is 279 g/mol. The first-order valence-corrected chi connectivity index (χ1v) is 7.98. The molecule has 4 heteroatoms. The summed E-state index contributed by atoms with van der Waals surface area (Å²) < 4.78 is 0. The molecule has 0 radical (unpaired) electrons. The minimum absolute atomic E-state index is 0.0700. The minimum Gasteiger partial charge on any atom is -0.481 e. The lowest BCUT2D eigenvalue weighted by Gasteiger charge is -2.59. The molecule has 2 N–H and O–H groups in total. The Labute approximate surface area is 120 Å². The third kappa shape index (κ3) is 2.57. The van der Waals surface area contributed by atoms with Crippen molar-refractivity contribution in [2.45, 2.75) is 64.3 Å². The molecule has 4 aliphatic rings. The SMILES string of the molecule is C[C@H](NC(=O)CCC(=O)O)C12CC3CC(CC(C3)C1)C2. The van der Waals surface area contributed by atoms with Crippen molar-refractivity contribution >= 4 is 11.9 Å². The van der Waals surface area contributed by atoms with Gasteiger partial charge in [-0.15, -0.1) is 0 Å². The van der Waals surface area contributed by atoms with E-state index >= 15 is 0 Å². The zero-order valence-corrected chi connectivity index (χ0v) is 12.2. The predicted octanol–water partition coefficient (Wildman–Crippen LogP) is 2.57. The zero-order valence-electron chi connectivity index (χ0n) is 12.2. The second-order valence-electron chi connectivity index (χ2n) is 7.46. The van der Waals surface area contributed by atoms with E-state index in [2.05, 4.69) is 12.2 Å². The van der Waals surface area contributed by atoms with Crippen LogP contribution in [0, 0.1) is 23.2 Å². The van der Waals surface area contributed by atoms with E-state index in [1.165, 1.54) is 38.5 Å². The standard InChI is InChI=1S/C16H25NO3/c1-10(17-14(18)2-3-15(19)20)16-7-11-4-12(8-16)6-13(5-11)9-16/h10-13H,2-9H2,1H3,(H,17,18)(H,19,20)/t10-,11?,12?,13?,16?/m0/s1. The quantitative estimate of drug-likeness (QED) is 0.813. The second kappa shape index (κ2) is 5.05. The molecule has 4 saturated carbocycles. The molecule has 1 amide bonds. The Morgan fingerprint density at radius 2 is 1.60 bits per heavy atom. The van der Waals surface area contributed by atoms with Crippen molar-refractivity contribution in [3.05, 3.63) is 0 Å². The van der Waals surface area contributed by atoms with Crippen molar-refractivity contribution in [3.8, 4) is 0 Å². The summed E-state index contributed by atoms with van der Waals surface area (Å²) in [6.07, 6.45) is 8.03. The van der Waals surface area contributed by atoms with Gasteiger partial charge in [-0.1, -0.05) is 0 Å². The number of carbonyl (C=O) groups is 2. The van der Waals surface area contributed by atoms with Gasteiger partial charge in [-0.2, -0.15) is 0 Å². The molecule has 0 aromatic rings. The predicted molar refractivity (Wildman–Crippen MR) is 75.1 cm³/mol. The molecule has 20 heavy (non-hydrogen) atoms. The van der Waals surface area contributed by atoms with Gasteiger partial charge in [0, 0.05) is 12.5 Å². The third-order valence-electron chi connectivity index (χ3n) is 5.95. The lowest BCUT2D eigenvalue weighted by Crippen LogP contribution is -2.55. The maximum atomic E-state index is 11.9. The van der Waals surface area contributed by atoms with Crippen molar-refractivity contribution in [2.75, 3.05) is 0 Å². The number of hydrogen-bond acceptors (Lipinski definition) is 2. The zero-order chi connectivity index (χ0) is 14.3. The Kier molecular flexibility index (Phi) is 3.51. The van der Waals surface area contributed by atoms with Gasteiger partial charge in [0.2, 0.25) is 5.91 Å². The van der Waals surface area contributed by atoms with Crippen LogP contribution in [0.1, 0.15) is 58.3 Å². The van der Waals surface area contributed by atoms with Crippen LogP contribution in [-0.4, -0.2) is 23.0 Å². The number of carbonyl (C=O) groups excluding carboxylic acids is 1. The Bertz CT molecular complexity index is 383. The summed E-state index contributed by atoms with van der Waals surface area (Å²) in [7, 11) is 0. The minimum atomic E-state index is -0.900. The second-order valence-corrected chi connectivity index (χ2v) is 7.46. The van der Waals surface area contributed by atoms with E-state index in [0.29, 0.717) is 5.41 Å². The van der Waals surface area contributed by atoms with Gasteiger partial charge < -0.3 is 10.4 Å². The van der Waals surface area contributed by atoms with Crippen molar-refractivity contribution in [3.63, 3.8) is 0 Å². The largest absolute Gasteiger partial charge is 0.481 e.